The summed E-state index contributed by atoms with van der Waals surface area (Å²) in [5.74, 6) is -0.278. The maximum atomic E-state index is 12.5. The molecule has 3 amide bonds. The Kier molecular flexibility index (Phi) is 6.50. The molecule has 0 saturated heterocycles. The lowest BCUT2D eigenvalue weighted by atomic mass is 10.1. The number of fused-ring (bicyclic) bond motifs is 1. The highest BCUT2D eigenvalue weighted by atomic mass is 32.2. The van der Waals surface area contributed by atoms with Gasteiger partial charge < -0.3 is 5.32 Å². The molecule has 0 spiro atoms. The minimum absolute atomic E-state index is 0.148. The Labute approximate surface area is 193 Å². The Balaban J connectivity index is 1.31. The van der Waals surface area contributed by atoms with Crippen molar-refractivity contribution >= 4 is 40.9 Å². The van der Waals surface area contributed by atoms with Gasteiger partial charge in [0.1, 0.15) is 0 Å². The normalized spacial score (nSPS) is 12.5. The number of nitro benzene ring substituents is 1. The molecule has 4 rings (SSSR count). The standard InChI is InChI=1S/C24H19N3O5S/c28-22(16-6-3-8-18(14-16)27(31)32)25-17-7-4-9-19(15-17)33-13-5-12-26-23(29)20-10-1-2-11-21(20)24(26)30/h1-4,6-11,14-15H,5,12-13H2,(H,25,28). The Bertz CT molecular complexity index is 1230. The largest absolute Gasteiger partial charge is 0.322 e. The van der Waals surface area contributed by atoms with E-state index in [2.05, 4.69) is 5.32 Å². The molecule has 9 heteroatoms. The van der Waals surface area contributed by atoms with Crippen molar-refractivity contribution in [3.63, 3.8) is 0 Å². The summed E-state index contributed by atoms with van der Waals surface area (Å²) < 4.78 is 0. The Morgan fingerprint density at radius 3 is 2.33 bits per heavy atom. The summed E-state index contributed by atoms with van der Waals surface area (Å²) in [5.41, 5.74) is 1.51. The maximum absolute atomic E-state index is 12.5. The topological polar surface area (TPSA) is 110 Å². The molecule has 0 fully saturated rings. The van der Waals surface area contributed by atoms with Crippen LogP contribution in [0.15, 0.2) is 77.7 Å². The summed E-state index contributed by atoms with van der Waals surface area (Å²) in [5, 5.41) is 13.7. The fraction of sp³-hybridized carbons (Fsp3) is 0.125. The van der Waals surface area contributed by atoms with E-state index in [0.717, 1.165) is 4.90 Å². The summed E-state index contributed by atoms with van der Waals surface area (Å²) in [4.78, 5) is 49.8. The van der Waals surface area contributed by atoms with Gasteiger partial charge in [-0.2, -0.15) is 0 Å². The van der Waals surface area contributed by atoms with E-state index in [1.165, 1.54) is 29.2 Å². The van der Waals surface area contributed by atoms with Crippen molar-refractivity contribution in [3.05, 3.63) is 99.6 Å². The average molecular weight is 461 g/mol. The van der Waals surface area contributed by atoms with Crippen LogP contribution in [0.25, 0.3) is 0 Å². The van der Waals surface area contributed by atoms with Gasteiger partial charge in [-0.05, 0) is 48.6 Å². The molecule has 0 bridgehead atoms. The van der Waals surface area contributed by atoms with Crippen LogP contribution in [0, 0.1) is 10.1 Å². The van der Waals surface area contributed by atoms with Crippen LogP contribution in [0.4, 0.5) is 11.4 Å². The molecule has 0 atom stereocenters. The molecule has 1 aliphatic heterocycles. The summed E-state index contributed by atoms with van der Waals surface area (Å²) in [6, 6.07) is 19.6. The zero-order valence-corrected chi connectivity index (χ0v) is 18.2. The number of rotatable bonds is 8. The summed E-state index contributed by atoms with van der Waals surface area (Å²) in [7, 11) is 0. The monoisotopic (exact) mass is 461 g/mol. The van der Waals surface area contributed by atoms with Crippen molar-refractivity contribution < 1.29 is 19.3 Å². The number of amides is 3. The lowest BCUT2D eigenvalue weighted by molar-refractivity contribution is -0.384. The minimum atomic E-state index is -0.546. The lowest BCUT2D eigenvalue weighted by Crippen LogP contribution is -2.30. The maximum Gasteiger partial charge on any atom is 0.270 e. The van der Waals surface area contributed by atoms with Crippen molar-refractivity contribution in [1.82, 2.24) is 4.90 Å². The number of thioether (sulfide) groups is 1. The van der Waals surface area contributed by atoms with E-state index in [0.29, 0.717) is 35.5 Å². The first-order valence-corrected chi connectivity index (χ1v) is 11.2. The molecule has 1 N–H and O–H groups in total. The smallest absolute Gasteiger partial charge is 0.270 e. The fourth-order valence-electron chi connectivity index (χ4n) is 3.48. The molecule has 3 aromatic rings. The van der Waals surface area contributed by atoms with Crippen LogP contribution in [-0.4, -0.2) is 39.8 Å². The fourth-order valence-corrected chi connectivity index (χ4v) is 4.38. The summed E-state index contributed by atoms with van der Waals surface area (Å²) in [6.45, 7) is 0.336. The number of imide groups is 1. The van der Waals surface area contributed by atoms with Gasteiger partial charge in [0.25, 0.3) is 23.4 Å². The van der Waals surface area contributed by atoms with Crippen LogP contribution in [0.2, 0.25) is 0 Å². The average Bonchev–Trinajstić information content (AvgIpc) is 3.07. The Morgan fingerprint density at radius 2 is 1.64 bits per heavy atom. The highest BCUT2D eigenvalue weighted by Crippen LogP contribution is 2.25. The molecule has 3 aromatic carbocycles. The first-order valence-electron chi connectivity index (χ1n) is 10.2. The van der Waals surface area contributed by atoms with Crippen LogP contribution >= 0.6 is 11.8 Å². The quantitative estimate of drug-likeness (QED) is 0.172. The second kappa shape index (κ2) is 9.66. The molecule has 0 aliphatic carbocycles. The predicted molar refractivity (Wildman–Crippen MR) is 125 cm³/mol. The summed E-state index contributed by atoms with van der Waals surface area (Å²) >= 11 is 1.54. The summed E-state index contributed by atoms with van der Waals surface area (Å²) in [6.07, 6.45) is 0.625. The molecule has 0 unspecified atom stereocenters. The second-order valence-electron chi connectivity index (χ2n) is 7.30. The van der Waals surface area contributed by atoms with Gasteiger partial charge in [-0.25, -0.2) is 0 Å². The number of anilines is 1. The van der Waals surface area contributed by atoms with Gasteiger partial charge in [0.2, 0.25) is 0 Å². The van der Waals surface area contributed by atoms with E-state index in [9.17, 15) is 24.5 Å². The zero-order chi connectivity index (χ0) is 23.4. The molecule has 166 valence electrons. The number of nitrogens with one attached hydrogen (secondary N) is 1. The van der Waals surface area contributed by atoms with Gasteiger partial charge in [-0.15, -0.1) is 11.8 Å². The number of nitro groups is 1. The van der Waals surface area contributed by atoms with E-state index < -0.39 is 10.8 Å². The van der Waals surface area contributed by atoms with Crippen LogP contribution in [0.3, 0.4) is 0 Å². The number of hydrogen-bond donors (Lipinski definition) is 1. The highest BCUT2D eigenvalue weighted by Gasteiger charge is 2.34. The van der Waals surface area contributed by atoms with E-state index >= 15 is 0 Å². The van der Waals surface area contributed by atoms with Crippen molar-refractivity contribution in [1.29, 1.82) is 0 Å². The molecule has 8 nitrogen and oxygen atoms in total. The third-order valence-corrected chi connectivity index (χ3v) is 6.16. The van der Waals surface area contributed by atoms with Crippen LogP contribution < -0.4 is 5.32 Å². The molecular weight excluding hydrogens is 442 g/mol. The van der Waals surface area contributed by atoms with Crippen molar-refractivity contribution in [3.8, 4) is 0 Å². The van der Waals surface area contributed by atoms with Crippen LogP contribution in [0.1, 0.15) is 37.5 Å². The minimum Gasteiger partial charge on any atom is -0.322 e. The van der Waals surface area contributed by atoms with E-state index in [-0.39, 0.29) is 23.1 Å². The zero-order valence-electron chi connectivity index (χ0n) is 17.4. The molecule has 0 saturated carbocycles. The number of nitrogens with zero attached hydrogens (tertiary/aromatic N) is 2. The first kappa shape index (κ1) is 22.2. The van der Waals surface area contributed by atoms with Crippen molar-refractivity contribution in [2.45, 2.75) is 11.3 Å². The number of non-ortho nitro benzene ring substituents is 1. The van der Waals surface area contributed by atoms with Crippen molar-refractivity contribution in [2.24, 2.45) is 0 Å². The molecule has 33 heavy (non-hydrogen) atoms. The van der Waals surface area contributed by atoms with Gasteiger partial charge in [-0.1, -0.05) is 24.3 Å². The third-order valence-electron chi connectivity index (χ3n) is 5.08. The van der Waals surface area contributed by atoms with E-state index in [1.807, 2.05) is 12.1 Å². The van der Waals surface area contributed by atoms with Crippen molar-refractivity contribution in [2.75, 3.05) is 17.6 Å². The number of carbonyl (C=O) groups excluding carboxylic acids is 3. The molecular formula is C24H19N3O5S. The number of carbonyl (C=O) groups is 3. The third kappa shape index (κ3) is 4.93. The number of benzene rings is 3. The number of hydrogen-bond acceptors (Lipinski definition) is 6. The van der Waals surface area contributed by atoms with Gasteiger partial charge in [0.05, 0.1) is 16.1 Å². The first-order chi connectivity index (χ1) is 15.9. The van der Waals surface area contributed by atoms with E-state index in [4.69, 9.17) is 0 Å². The van der Waals surface area contributed by atoms with Crippen LogP contribution in [-0.2, 0) is 0 Å². The molecule has 1 heterocycles. The van der Waals surface area contributed by atoms with Gasteiger partial charge >= 0.3 is 0 Å². The lowest BCUT2D eigenvalue weighted by Gasteiger charge is -2.13. The second-order valence-corrected chi connectivity index (χ2v) is 8.47. The van der Waals surface area contributed by atoms with Gasteiger partial charge in [0, 0.05) is 34.8 Å². The molecule has 0 aromatic heterocycles. The molecule has 0 radical (unpaired) electrons. The SMILES string of the molecule is O=C(Nc1cccc(SCCCN2C(=O)c3ccccc3C2=O)c1)c1cccc([N+](=O)[O-])c1. The highest BCUT2D eigenvalue weighted by molar-refractivity contribution is 7.99. The van der Waals surface area contributed by atoms with Gasteiger partial charge in [-0.3, -0.25) is 29.4 Å². The Hall–Kier alpha value is -3.98. The Morgan fingerprint density at radius 1 is 0.939 bits per heavy atom. The molecule has 1 aliphatic rings. The van der Waals surface area contributed by atoms with E-state index in [1.54, 1.807) is 48.2 Å². The van der Waals surface area contributed by atoms with Crippen LogP contribution in [0.5, 0.6) is 0 Å². The predicted octanol–water partition coefficient (Wildman–Crippen LogP) is 4.63. The van der Waals surface area contributed by atoms with Gasteiger partial charge in [0.15, 0.2) is 0 Å².